The van der Waals surface area contributed by atoms with Gasteiger partial charge in [0.25, 0.3) is 5.91 Å². The second kappa shape index (κ2) is 5.56. The molecular formula is C12H13N3O. The van der Waals surface area contributed by atoms with Gasteiger partial charge in [-0.15, -0.1) is 0 Å². The van der Waals surface area contributed by atoms with Crippen LogP contribution in [0.5, 0.6) is 0 Å². The molecule has 0 saturated heterocycles. The van der Waals surface area contributed by atoms with Crippen molar-refractivity contribution in [3.05, 3.63) is 47.2 Å². The maximum absolute atomic E-state index is 11.5. The molecule has 0 fully saturated rings. The predicted octanol–water partition coefficient (Wildman–Crippen LogP) is 1.06. The topological polar surface area (TPSA) is 78.9 Å². The molecule has 0 radical (unpaired) electrons. The first-order valence-corrected chi connectivity index (χ1v) is 4.83. The molecule has 4 heteroatoms. The fourth-order valence-electron chi connectivity index (χ4n) is 1.18. The van der Waals surface area contributed by atoms with Gasteiger partial charge in [0.05, 0.1) is 0 Å². The Labute approximate surface area is 94.4 Å². The van der Waals surface area contributed by atoms with Crippen LogP contribution in [0.4, 0.5) is 0 Å². The predicted molar refractivity (Wildman–Crippen MR) is 60.8 cm³/mol. The van der Waals surface area contributed by atoms with Crippen LogP contribution in [-0.4, -0.2) is 5.91 Å². The number of nitriles is 1. The number of nitrogens with zero attached hydrogens (tertiary/aromatic N) is 1. The number of benzene rings is 1. The van der Waals surface area contributed by atoms with E-state index in [2.05, 4.69) is 5.32 Å². The van der Waals surface area contributed by atoms with Crippen molar-refractivity contribution in [3.8, 4) is 6.07 Å². The van der Waals surface area contributed by atoms with Gasteiger partial charge in [-0.3, -0.25) is 4.79 Å². The lowest BCUT2D eigenvalue weighted by Crippen LogP contribution is -2.25. The Kier molecular flexibility index (Phi) is 4.10. The van der Waals surface area contributed by atoms with Crippen LogP contribution in [0.2, 0.25) is 0 Å². The Morgan fingerprint density at radius 1 is 1.44 bits per heavy atom. The second-order valence-corrected chi connectivity index (χ2v) is 3.34. The third-order valence-corrected chi connectivity index (χ3v) is 2.03. The summed E-state index contributed by atoms with van der Waals surface area (Å²) in [5.41, 5.74) is 6.59. The first-order valence-electron chi connectivity index (χ1n) is 4.83. The quantitative estimate of drug-likeness (QED) is 0.584. The molecule has 0 unspecified atom stereocenters. The molecule has 82 valence electrons. The van der Waals surface area contributed by atoms with Gasteiger partial charge in [-0.1, -0.05) is 30.3 Å². The molecule has 1 rings (SSSR count). The van der Waals surface area contributed by atoms with Crippen molar-refractivity contribution in [1.82, 2.24) is 5.32 Å². The van der Waals surface area contributed by atoms with E-state index in [1.165, 1.54) is 6.92 Å². The summed E-state index contributed by atoms with van der Waals surface area (Å²) in [5, 5.41) is 11.3. The van der Waals surface area contributed by atoms with Gasteiger partial charge in [-0.2, -0.15) is 5.26 Å². The SMILES string of the molecule is C/C(N)=C(/C#N)C(=O)NCc1ccccc1. The largest absolute Gasteiger partial charge is 0.401 e. The number of allylic oxidation sites excluding steroid dienone is 1. The van der Waals surface area contributed by atoms with E-state index in [1.807, 2.05) is 30.3 Å². The number of hydrogen-bond acceptors (Lipinski definition) is 3. The molecule has 1 aromatic carbocycles. The number of amides is 1. The molecule has 3 N–H and O–H groups in total. The number of rotatable bonds is 3. The van der Waals surface area contributed by atoms with Crippen LogP contribution in [0.3, 0.4) is 0 Å². The Morgan fingerprint density at radius 2 is 2.06 bits per heavy atom. The standard InChI is InChI=1S/C12H13N3O/c1-9(14)11(7-13)12(16)15-8-10-5-3-2-4-6-10/h2-6H,8,14H2,1H3,(H,15,16)/b11-9+. The number of nitrogens with one attached hydrogen (secondary N) is 1. The van der Waals surface area contributed by atoms with Crippen molar-refractivity contribution in [2.45, 2.75) is 13.5 Å². The summed E-state index contributed by atoms with van der Waals surface area (Å²) in [6.07, 6.45) is 0. The summed E-state index contributed by atoms with van der Waals surface area (Å²) >= 11 is 0. The summed E-state index contributed by atoms with van der Waals surface area (Å²) in [4.78, 5) is 11.5. The maximum Gasteiger partial charge on any atom is 0.263 e. The van der Waals surface area contributed by atoms with Crippen molar-refractivity contribution in [1.29, 1.82) is 5.26 Å². The van der Waals surface area contributed by atoms with E-state index in [4.69, 9.17) is 11.0 Å². The van der Waals surface area contributed by atoms with Crippen molar-refractivity contribution >= 4 is 5.91 Å². The summed E-state index contributed by atoms with van der Waals surface area (Å²) in [6, 6.07) is 11.2. The van der Waals surface area contributed by atoms with Crippen LogP contribution in [-0.2, 0) is 11.3 Å². The zero-order chi connectivity index (χ0) is 12.0. The summed E-state index contributed by atoms with van der Waals surface area (Å²) in [5.74, 6) is -0.439. The zero-order valence-corrected chi connectivity index (χ0v) is 9.03. The second-order valence-electron chi connectivity index (χ2n) is 3.34. The van der Waals surface area contributed by atoms with Crippen LogP contribution in [0.25, 0.3) is 0 Å². The first-order chi connectivity index (χ1) is 7.65. The highest BCUT2D eigenvalue weighted by Gasteiger charge is 2.10. The highest BCUT2D eigenvalue weighted by molar-refractivity contribution is 5.97. The Bertz CT molecular complexity index is 439. The van der Waals surface area contributed by atoms with E-state index in [-0.39, 0.29) is 11.3 Å². The van der Waals surface area contributed by atoms with E-state index < -0.39 is 5.91 Å². The molecule has 0 atom stereocenters. The Hall–Kier alpha value is -2.28. The van der Waals surface area contributed by atoms with Gasteiger partial charge < -0.3 is 11.1 Å². The minimum absolute atomic E-state index is 0.0315. The van der Waals surface area contributed by atoms with Gasteiger partial charge in [-0.05, 0) is 12.5 Å². The molecule has 0 aliphatic rings. The Balaban J connectivity index is 2.61. The number of carbonyl (C=O) groups excluding carboxylic acids is 1. The van der Waals surface area contributed by atoms with Gasteiger partial charge in [0.15, 0.2) is 0 Å². The van der Waals surface area contributed by atoms with Crippen molar-refractivity contribution in [2.75, 3.05) is 0 Å². The van der Waals surface area contributed by atoms with Gasteiger partial charge in [0, 0.05) is 12.2 Å². The lowest BCUT2D eigenvalue weighted by Gasteiger charge is -2.04. The molecule has 0 aliphatic carbocycles. The first kappa shape index (κ1) is 11.8. The molecule has 16 heavy (non-hydrogen) atoms. The average molecular weight is 215 g/mol. The molecule has 0 aliphatic heterocycles. The molecule has 0 saturated carbocycles. The number of carbonyl (C=O) groups is 1. The molecular weight excluding hydrogens is 202 g/mol. The van der Waals surface area contributed by atoms with Crippen LogP contribution in [0.1, 0.15) is 12.5 Å². The smallest absolute Gasteiger partial charge is 0.263 e. The molecule has 0 aromatic heterocycles. The van der Waals surface area contributed by atoms with E-state index in [9.17, 15) is 4.79 Å². The number of hydrogen-bond donors (Lipinski definition) is 2. The number of nitrogens with two attached hydrogens (primary N) is 1. The third-order valence-electron chi connectivity index (χ3n) is 2.03. The molecule has 0 heterocycles. The summed E-state index contributed by atoms with van der Waals surface area (Å²) < 4.78 is 0. The monoisotopic (exact) mass is 215 g/mol. The van der Waals surface area contributed by atoms with Crippen LogP contribution >= 0.6 is 0 Å². The van der Waals surface area contributed by atoms with Gasteiger partial charge in [0.1, 0.15) is 11.6 Å². The van der Waals surface area contributed by atoms with Crippen molar-refractivity contribution in [3.63, 3.8) is 0 Å². The third kappa shape index (κ3) is 3.14. The van der Waals surface area contributed by atoms with Gasteiger partial charge in [0.2, 0.25) is 0 Å². The molecule has 0 spiro atoms. The maximum atomic E-state index is 11.5. The summed E-state index contributed by atoms with van der Waals surface area (Å²) in [7, 11) is 0. The van der Waals surface area contributed by atoms with E-state index >= 15 is 0 Å². The minimum atomic E-state index is -0.439. The average Bonchev–Trinajstić information content (AvgIpc) is 2.28. The van der Waals surface area contributed by atoms with Crippen LogP contribution in [0.15, 0.2) is 41.6 Å². The van der Waals surface area contributed by atoms with Crippen molar-refractivity contribution < 1.29 is 4.79 Å². The fourth-order valence-corrected chi connectivity index (χ4v) is 1.18. The minimum Gasteiger partial charge on any atom is -0.401 e. The fraction of sp³-hybridized carbons (Fsp3) is 0.167. The van der Waals surface area contributed by atoms with E-state index in [1.54, 1.807) is 6.07 Å². The normalized spacial score (nSPS) is 11.2. The Morgan fingerprint density at radius 3 is 2.56 bits per heavy atom. The highest BCUT2D eigenvalue weighted by atomic mass is 16.1. The van der Waals surface area contributed by atoms with E-state index in [0.717, 1.165) is 5.56 Å². The van der Waals surface area contributed by atoms with E-state index in [0.29, 0.717) is 6.54 Å². The molecule has 1 amide bonds. The zero-order valence-electron chi connectivity index (χ0n) is 9.03. The molecule has 1 aromatic rings. The van der Waals surface area contributed by atoms with Gasteiger partial charge >= 0.3 is 0 Å². The van der Waals surface area contributed by atoms with Crippen LogP contribution in [0, 0.1) is 11.3 Å². The lowest BCUT2D eigenvalue weighted by atomic mass is 10.2. The van der Waals surface area contributed by atoms with Crippen molar-refractivity contribution in [2.24, 2.45) is 5.73 Å². The lowest BCUT2D eigenvalue weighted by molar-refractivity contribution is -0.117. The summed E-state index contributed by atoms with van der Waals surface area (Å²) in [6.45, 7) is 1.92. The van der Waals surface area contributed by atoms with Gasteiger partial charge in [-0.25, -0.2) is 0 Å². The molecule has 4 nitrogen and oxygen atoms in total. The highest BCUT2D eigenvalue weighted by Crippen LogP contribution is 2.00. The van der Waals surface area contributed by atoms with Crippen LogP contribution < -0.4 is 11.1 Å². The molecule has 0 bridgehead atoms.